The summed E-state index contributed by atoms with van der Waals surface area (Å²) in [7, 11) is 1.55. The highest BCUT2D eigenvalue weighted by atomic mass is 19.1. The maximum atomic E-state index is 14.1. The Morgan fingerprint density at radius 1 is 1.41 bits per heavy atom. The Kier molecular flexibility index (Phi) is 5.95. The van der Waals surface area contributed by atoms with Gasteiger partial charge in [0.15, 0.2) is 12.3 Å². The predicted molar refractivity (Wildman–Crippen MR) is 104 cm³/mol. The number of rotatable bonds is 5. The molecule has 0 aliphatic carbocycles. The van der Waals surface area contributed by atoms with E-state index >= 15 is 0 Å². The van der Waals surface area contributed by atoms with Gasteiger partial charge in [0.2, 0.25) is 12.5 Å². The van der Waals surface area contributed by atoms with E-state index in [0.717, 1.165) is 10.9 Å². The zero-order valence-electron chi connectivity index (χ0n) is 16.5. The summed E-state index contributed by atoms with van der Waals surface area (Å²) >= 11 is 0. The van der Waals surface area contributed by atoms with Crippen LogP contribution in [0.2, 0.25) is 0 Å². The first-order valence-corrected chi connectivity index (χ1v) is 9.42. The topological polar surface area (TPSA) is 91.3 Å². The van der Waals surface area contributed by atoms with Crippen LogP contribution in [0, 0.1) is 11.8 Å². The Morgan fingerprint density at radius 3 is 2.79 bits per heavy atom. The molecule has 3 rings (SSSR count). The van der Waals surface area contributed by atoms with Gasteiger partial charge in [-0.15, -0.1) is 0 Å². The van der Waals surface area contributed by atoms with Gasteiger partial charge < -0.3 is 15.0 Å². The summed E-state index contributed by atoms with van der Waals surface area (Å²) in [6.07, 6.45) is -3.79. The summed E-state index contributed by atoms with van der Waals surface area (Å²) in [6.45, 7) is 2.92. The molecule has 1 aromatic carbocycles. The molecule has 2 heterocycles. The second-order valence-electron chi connectivity index (χ2n) is 7.45. The molecule has 9 heteroatoms. The summed E-state index contributed by atoms with van der Waals surface area (Å²) in [5.41, 5.74) is 1.27. The van der Waals surface area contributed by atoms with E-state index in [4.69, 9.17) is 4.74 Å². The zero-order chi connectivity index (χ0) is 21.3. The number of fused-ring (bicyclic) bond motifs is 1. The molecular weight excluding hydrogens is 384 g/mol. The number of aromatic amines is 1. The quantitative estimate of drug-likeness (QED) is 0.742. The number of hydrogen-bond donors (Lipinski definition) is 2. The number of nitrogens with one attached hydrogen (secondary N) is 2. The molecule has 4 atom stereocenters. The highest BCUT2D eigenvalue weighted by Gasteiger charge is 2.47. The average Bonchev–Trinajstić information content (AvgIpc) is 2.62. The van der Waals surface area contributed by atoms with Crippen LogP contribution in [-0.4, -0.2) is 53.7 Å². The third kappa shape index (κ3) is 4.28. The minimum Gasteiger partial charge on any atom is -0.496 e. The van der Waals surface area contributed by atoms with Gasteiger partial charge in [-0.3, -0.25) is 9.59 Å². The van der Waals surface area contributed by atoms with Crippen molar-refractivity contribution in [1.82, 2.24) is 10.3 Å². The molecule has 0 bridgehead atoms. The Morgan fingerprint density at radius 2 is 2.14 bits per heavy atom. The highest BCUT2D eigenvalue weighted by Crippen LogP contribution is 2.26. The molecule has 29 heavy (non-hydrogen) atoms. The van der Waals surface area contributed by atoms with E-state index in [-0.39, 0.29) is 18.4 Å². The maximum Gasteiger partial charge on any atom is 0.252 e. The Labute approximate surface area is 166 Å². The van der Waals surface area contributed by atoms with Gasteiger partial charge in [-0.25, -0.2) is 8.78 Å². The molecule has 3 unspecified atom stereocenters. The lowest BCUT2D eigenvalue weighted by molar-refractivity contribution is -0.611. The van der Waals surface area contributed by atoms with Crippen molar-refractivity contribution in [3.8, 4) is 5.75 Å². The van der Waals surface area contributed by atoms with Gasteiger partial charge in [0, 0.05) is 38.1 Å². The number of H-pyrrole nitrogens is 1. The van der Waals surface area contributed by atoms with Crippen molar-refractivity contribution in [3.05, 3.63) is 44.6 Å². The second-order valence-corrected chi connectivity index (χ2v) is 7.45. The van der Waals surface area contributed by atoms with Gasteiger partial charge in [-0.2, -0.15) is 0 Å². The first-order chi connectivity index (χ1) is 13.7. The normalized spacial score (nSPS) is 23.1. The average molecular weight is 408 g/mol. The minimum absolute atomic E-state index is 0.236. The number of ether oxygens (including phenoxy) is 1. The van der Waals surface area contributed by atoms with Crippen LogP contribution >= 0.6 is 0 Å². The fraction of sp³-hybridized carbons (Fsp3) is 0.500. The van der Waals surface area contributed by atoms with Crippen molar-refractivity contribution in [2.24, 2.45) is 0 Å². The van der Waals surface area contributed by atoms with Crippen molar-refractivity contribution >= 4 is 16.8 Å². The lowest BCUT2D eigenvalue weighted by Crippen LogP contribution is -2.55. The van der Waals surface area contributed by atoms with Crippen molar-refractivity contribution in [2.45, 2.75) is 51.1 Å². The van der Waals surface area contributed by atoms with Crippen molar-refractivity contribution in [1.29, 1.82) is 0 Å². The maximum absolute atomic E-state index is 14.1. The van der Waals surface area contributed by atoms with Crippen LogP contribution in [-0.2, 0) is 11.2 Å². The molecule has 1 aliphatic heterocycles. The standard InChI is InChI=1S/C20H23F2N3O4/c1-10-14-6-12(20(27)24-16(14)4-5-17(10)29-3)7-18(26)23-11(2)19-15(22)8-13(21)9-25(19)28/h4-6,11,13,15,19H,7-9H2,1-3H3,(H-,23,24,26,27)/p+1/t11-,13?,15?,19?/m0/s1. The fourth-order valence-electron chi connectivity index (χ4n) is 3.88. The summed E-state index contributed by atoms with van der Waals surface area (Å²) in [5, 5.41) is 3.31. The number of halogens is 2. The van der Waals surface area contributed by atoms with Crippen LogP contribution in [0.5, 0.6) is 5.75 Å². The molecule has 0 saturated carbocycles. The van der Waals surface area contributed by atoms with Gasteiger partial charge in [0.05, 0.1) is 19.6 Å². The third-order valence-corrected chi connectivity index (χ3v) is 5.36. The number of nitroso groups, excluding NO2 is 1. The Hall–Kier alpha value is -2.84. The fourth-order valence-corrected chi connectivity index (χ4v) is 3.88. The number of amides is 1. The summed E-state index contributed by atoms with van der Waals surface area (Å²) in [5.74, 6) is 0.132. The molecule has 1 aliphatic rings. The number of alkyl halides is 2. The number of carbonyl (C=O) groups excluding carboxylic acids is 1. The van der Waals surface area contributed by atoms with Gasteiger partial charge in [-0.1, -0.05) is 0 Å². The SMILES string of the molecule is COc1ccc2[nH]c(=O)c(CC(=O)N[C@@H](C)C3C(F)CC(F)C[N+]3=O)cc2c1C. The molecule has 1 saturated heterocycles. The number of nitrogens with zero attached hydrogens (tertiary/aromatic N) is 1. The summed E-state index contributed by atoms with van der Waals surface area (Å²) < 4.78 is 33.1. The largest absolute Gasteiger partial charge is 0.496 e. The van der Waals surface area contributed by atoms with Gasteiger partial charge in [0.1, 0.15) is 5.75 Å². The number of benzene rings is 1. The van der Waals surface area contributed by atoms with Crippen LogP contribution in [0.25, 0.3) is 10.9 Å². The molecule has 2 aromatic rings. The van der Waals surface area contributed by atoms with Crippen LogP contribution in [0.4, 0.5) is 8.78 Å². The molecule has 1 amide bonds. The number of aryl methyl sites for hydroxylation is 1. The number of piperidine rings is 1. The number of pyridine rings is 1. The smallest absolute Gasteiger partial charge is 0.252 e. The van der Waals surface area contributed by atoms with Crippen LogP contribution in [0.15, 0.2) is 23.0 Å². The lowest BCUT2D eigenvalue weighted by atomic mass is 9.95. The van der Waals surface area contributed by atoms with Gasteiger partial charge in [-0.05, 0) is 32.0 Å². The van der Waals surface area contributed by atoms with E-state index in [1.165, 1.54) is 6.92 Å². The predicted octanol–water partition coefficient (Wildman–Crippen LogP) is 2.12. The van der Waals surface area contributed by atoms with E-state index < -0.39 is 42.4 Å². The monoisotopic (exact) mass is 408 g/mol. The molecule has 156 valence electrons. The molecular formula is C20H24F2N3O4+. The van der Waals surface area contributed by atoms with Crippen molar-refractivity contribution in [3.63, 3.8) is 0 Å². The molecule has 2 N–H and O–H groups in total. The number of methoxy groups -OCH3 is 1. The van der Waals surface area contributed by atoms with Crippen molar-refractivity contribution in [2.75, 3.05) is 13.7 Å². The lowest BCUT2D eigenvalue weighted by Gasteiger charge is -2.25. The number of carbonyl (C=O) groups is 1. The summed E-state index contributed by atoms with van der Waals surface area (Å²) in [6, 6.07) is 3.11. The first kappa shape index (κ1) is 20.9. The van der Waals surface area contributed by atoms with Crippen LogP contribution in [0.1, 0.15) is 24.5 Å². The van der Waals surface area contributed by atoms with Crippen molar-refractivity contribution < 1.29 is 23.1 Å². The minimum atomic E-state index is -1.68. The van der Waals surface area contributed by atoms with E-state index in [2.05, 4.69) is 10.3 Å². The highest BCUT2D eigenvalue weighted by molar-refractivity contribution is 5.86. The molecule has 7 nitrogen and oxygen atoms in total. The molecule has 1 fully saturated rings. The number of hydrogen-bond acceptors (Lipinski definition) is 4. The summed E-state index contributed by atoms with van der Waals surface area (Å²) in [4.78, 5) is 39.4. The molecule has 0 radical (unpaired) electrons. The third-order valence-electron chi connectivity index (χ3n) is 5.36. The van der Waals surface area contributed by atoms with Crippen LogP contribution < -0.4 is 15.6 Å². The van der Waals surface area contributed by atoms with E-state index in [1.54, 1.807) is 25.3 Å². The second kappa shape index (κ2) is 8.26. The number of aromatic nitrogens is 1. The molecule has 0 spiro atoms. The first-order valence-electron chi connectivity index (χ1n) is 9.42. The van der Waals surface area contributed by atoms with E-state index in [1.807, 2.05) is 6.92 Å². The zero-order valence-corrected chi connectivity index (χ0v) is 16.5. The van der Waals surface area contributed by atoms with E-state index in [9.17, 15) is 23.3 Å². The van der Waals surface area contributed by atoms with Crippen LogP contribution in [0.3, 0.4) is 0 Å². The van der Waals surface area contributed by atoms with Gasteiger partial charge >= 0.3 is 0 Å². The van der Waals surface area contributed by atoms with Gasteiger partial charge in [0.25, 0.3) is 11.6 Å². The Balaban J connectivity index is 1.77. The Bertz CT molecular complexity index is 1010. The molecule has 1 aromatic heterocycles. The van der Waals surface area contributed by atoms with E-state index in [0.29, 0.717) is 16.0 Å².